The van der Waals surface area contributed by atoms with Crippen molar-refractivity contribution in [2.45, 2.75) is 24.2 Å². The average molecular weight is 387 g/mol. The van der Waals surface area contributed by atoms with E-state index in [0.717, 1.165) is 36.7 Å². The van der Waals surface area contributed by atoms with Crippen molar-refractivity contribution in [2.24, 2.45) is 5.41 Å². The highest BCUT2D eigenvalue weighted by atomic mass is 35.5. The van der Waals surface area contributed by atoms with Gasteiger partial charge in [0.05, 0.1) is 19.6 Å². The number of rotatable bonds is 5. The molecular formula is C18H24Cl2N2O3. The van der Waals surface area contributed by atoms with Gasteiger partial charge in [-0.05, 0) is 31.5 Å². The lowest BCUT2D eigenvalue weighted by atomic mass is 10.1. The summed E-state index contributed by atoms with van der Waals surface area (Å²) in [6.07, 6.45) is 0.531. The number of hydrogen-bond acceptors (Lipinski definition) is 4. The first-order valence-corrected chi connectivity index (χ1v) is 9.17. The minimum atomic E-state index is -0.908. The zero-order valence-electron chi connectivity index (χ0n) is 14.8. The highest BCUT2D eigenvalue weighted by Crippen LogP contribution is 2.64. The number of nitrogens with zero attached hydrogens (tertiary/aromatic N) is 2. The van der Waals surface area contributed by atoms with E-state index in [1.807, 2.05) is 30.0 Å². The Hall–Kier alpha value is -1.17. The van der Waals surface area contributed by atoms with E-state index in [4.69, 9.17) is 32.7 Å². The van der Waals surface area contributed by atoms with Crippen LogP contribution in [-0.4, -0.2) is 60.4 Å². The predicted octanol–water partition coefficient (Wildman–Crippen LogP) is 2.93. The van der Waals surface area contributed by atoms with E-state index in [1.165, 1.54) is 0 Å². The maximum atomic E-state index is 12.6. The molecule has 0 bridgehead atoms. The maximum Gasteiger partial charge on any atom is 0.231 e. The quantitative estimate of drug-likeness (QED) is 0.729. The molecule has 1 saturated heterocycles. The number of carbonyl (C=O) groups excluding carboxylic acids is 1. The van der Waals surface area contributed by atoms with Crippen molar-refractivity contribution in [1.82, 2.24) is 9.80 Å². The van der Waals surface area contributed by atoms with Crippen molar-refractivity contribution in [2.75, 3.05) is 40.4 Å². The standard InChI is InChI=1S/C18H24Cl2N2O3/c1-17(12-18(17,19)20)16(23)22-8-6-21(7-9-22)11-13-10-14(24-2)4-5-15(13)25-3/h4-5,10H,6-9,11-12H2,1-3H3. The second-order valence-corrected chi connectivity index (χ2v) is 8.44. The molecule has 2 fully saturated rings. The van der Waals surface area contributed by atoms with Gasteiger partial charge >= 0.3 is 0 Å². The van der Waals surface area contributed by atoms with Crippen molar-refractivity contribution in [3.63, 3.8) is 0 Å². The van der Waals surface area contributed by atoms with Crippen LogP contribution in [-0.2, 0) is 11.3 Å². The molecular weight excluding hydrogens is 363 g/mol. The fourth-order valence-electron chi connectivity index (χ4n) is 3.34. The van der Waals surface area contributed by atoms with Gasteiger partial charge in [0.15, 0.2) is 0 Å². The minimum Gasteiger partial charge on any atom is -0.497 e. The molecule has 1 atom stereocenters. The van der Waals surface area contributed by atoms with Crippen LogP contribution in [0.3, 0.4) is 0 Å². The molecule has 25 heavy (non-hydrogen) atoms. The lowest BCUT2D eigenvalue weighted by molar-refractivity contribution is -0.138. The summed E-state index contributed by atoms with van der Waals surface area (Å²) < 4.78 is 9.84. The van der Waals surface area contributed by atoms with Crippen molar-refractivity contribution < 1.29 is 14.3 Å². The van der Waals surface area contributed by atoms with Gasteiger partial charge in [0.1, 0.15) is 15.8 Å². The molecule has 5 nitrogen and oxygen atoms in total. The van der Waals surface area contributed by atoms with Crippen LogP contribution in [0.15, 0.2) is 18.2 Å². The number of piperazine rings is 1. The molecule has 1 heterocycles. The molecule has 3 rings (SSSR count). The second kappa shape index (κ2) is 6.86. The van der Waals surface area contributed by atoms with Gasteiger partial charge in [-0.1, -0.05) is 0 Å². The Balaban J connectivity index is 1.59. The van der Waals surface area contributed by atoms with E-state index in [1.54, 1.807) is 14.2 Å². The van der Waals surface area contributed by atoms with Crippen LogP contribution in [0.25, 0.3) is 0 Å². The van der Waals surface area contributed by atoms with Gasteiger partial charge in [-0.15, -0.1) is 23.2 Å². The molecule has 0 N–H and O–H groups in total. The molecule has 1 unspecified atom stereocenters. The number of amides is 1. The molecule has 0 radical (unpaired) electrons. The third kappa shape index (κ3) is 3.55. The molecule has 1 aliphatic carbocycles. The second-order valence-electron chi connectivity index (χ2n) is 6.96. The number of methoxy groups -OCH3 is 2. The SMILES string of the molecule is COc1ccc(OC)c(CN2CCN(C(=O)C3(C)CC3(Cl)Cl)CC2)c1. The van der Waals surface area contributed by atoms with E-state index < -0.39 is 9.75 Å². The summed E-state index contributed by atoms with van der Waals surface area (Å²) in [5.74, 6) is 1.72. The van der Waals surface area contributed by atoms with Crippen LogP contribution < -0.4 is 9.47 Å². The molecule has 1 aromatic rings. The first-order chi connectivity index (χ1) is 11.8. The summed E-state index contributed by atoms with van der Waals surface area (Å²) in [6.45, 7) is 5.59. The summed E-state index contributed by atoms with van der Waals surface area (Å²) in [5, 5.41) is 0. The number of halogens is 2. The van der Waals surface area contributed by atoms with E-state index in [0.29, 0.717) is 19.5 Å². The van der Waals surface area contributed by atoms with Gasteiger partial charge in [0.25, 0.3) is 0 Å². The summed E-state index contributed by atoms with van der Waals surface area (Å²) in [7, 11) is 3.32. The summed E-state index contributed by atoms with van der Waals surface area (Å²) in [6, 6.07) is 5.80. The van der Waals surface area contributed by atoms with Gasteiger partial charge in [-0.3, -0.25) is 9.69 Å². The molecule has 138 valence electrons. The largest absolute Gasteiger partial charge is 0.497 e. The Morgan fingerprint density at radius 3 is 2.32 bits per heavy atom. The zero-order valence-corrected chi connectivity index (χ0v) is 16.4. The number of carbonyl (C=O) groups is 1. The molecule has 1 aromatic carbocycles. The Morgan fingerprint density at radius 1 is 1.16 bits per heavy atom. The van der Waals surface area contributed by atoms with Gasteiger partial charge in [0, 0.05) is 38.3 Å². The minimum absolute atomic E-state index is 0.0658. The molecule has 2 aliphatic rings. The van der Waals surface area contributed by atoms with Crippen LogP contribution in [0.1, 0.15) is 18.9 Å². The van der Waals surface area contributed by atoms with Crippen molar-refractivity contribution in [1.29, 1.82) is 0 Å². The van der Waals surface area contributed by atoms with E-state index in [2.05, 4.69) is 4.90 Å². The lowest BCUT2D eigenvalue weighted by Gasteiger charge is -2.36. The van der Waals surface area contributed by atoms with Crippen LogP contribution in [0.4, 0.5) is 0 Å². The van der Waals surface area contributed by atoms with Gasteiger partial charge in [0.2, 0.25) is 5.91 Å². The van der Waals surface area contributed by atoms with Crippen molar-refractivity contribution >= 4 is 29.1 Å². The van der Waals surface area contributed by atoms with Crippen LogP contribution in [0.2, 0.25) is 0 Å². The van der Waals surface area contributed by atoms with Crippen molar-refractivity contribution in [3.05, 3.63) is 23.8 Å². The van der Waals surface area contributed by atoms with Crippen LogP contribution in [0, 0.1) is 5.41 Å². The predicted molar refractivity (Wildman–Crippen MR) is 98.6 cm³/mol. The summed E-state index contributed by atoms with van der Waals surface area (Å²) >= 11 is 12.3. The monoisotopic (exact) mass is 386 g/mol. The Labute approximate surface area is 158 Å². The molecule has 7 heteroatoms. The Bertz CT molecular complexity index is 660. The number of alkyl halides is 2. The number of hydrogen-bond donors (Lipinski definition) is 0. The molecule has 1 aliphatic heterocycles. The first-order valence-electron chi connectivity index (χ1n) is 8.41. The molecule has 0 aromatic heterocycles. The molecule has 1 saturated carbocycles. The average Bonchev–Trinajstić information content (AvgIpc) is 3.14. The maximum absolute atomic E-state index is 12.6. The highest BCUT2D eigenvalue weighted by molar-refractivity contribution is 6.53. The summed E-state index contributed by atoms with van der Waals surface area (Å²) in [4.78, 5) is 16.8. The van der Waals surface area contributed by atoms with Crippen molar-refractivity contribution in [3.8, 4) is 11.5 Å². The first kappa shape index (κ1) is 18.6. The number of ether oxygens (including phenoxy) is 2. The van der Waals surface area contributed by atoms with Gasteiger partial charge in [-0.2, -0.15) is 0 Å². The Kier molecular flexibility index (Phi) is 5.11. The van der Waals surface area contributed by atoms with Gasteiger partial charge < -0.3 is 14.4 Å². The smallest absolute Gasteiger partial charge is 0.231 e. The highest BCUT2D eigenvalue weighted by Gasteiger charge is 2.68. The topological polar surface area (TPSA) is 42.0 Å². The molecule has 1 amide bonds. The van der Waals surface area contributed by atoms with Crippen LogP contribution in [0.5, 0.6) is 11.5 Å². The van der Waals surface area contributed by atoms with E-state index in [9.17, 15) is 4.79 Å². The Morgan fingerprint density at radius 2 is 1.80 bits per heavy atom. The van der Waals surface area contributed by atoms with Crippen LogP contribution >= 0.6 is 23.2 Å². The third-order valence-corrected chi connectivity index (χ3v) is 6.37. The zero-order chi connectivity index (χ0) is 18.2. The summed E-state index contributed by atoms with van der Waals surface area (Å²) in [5.41, 5.74) is 0.449. The lowest BCUT2D eigenvalue weighted by Crippen LogP contribution is -2.50. The van der Waals surface area contributed by atoms with E-state index in [-0.39, 0.29) is 5.91 Å². The van der Waals surface area contributed by atoms with Gasteiger partial charge in [-0.25, -0.2) is 0 Å². The number of benzene rings is 1. The normalized spacial score (nSPS) is 25.6. The fourth-order valence-corrected chi connectivity index (χ4v) is 4.03. The fraction of sp³-hybridized carbons (Fsp3) is 0.611. The third-order valence-electron chi connectivity index (χ3n) is 5.27. The van der Waals surface area contributed by atoms with E-state index >= 15 is 0 Å². The molecule has 0 spiro atoms.